The minimum atomic E-state index is -3.57. The highest BCUT2D eigenvalue weighted by atomic mass is 32.2. The number of rotatable bonds is 7. The number of ether oxygens (including phenoxy) is 1. The average Bonchev–Trinajstić information content (AvgIpc) is 2.35. The molecule has 0 fully saturated rings. The molecule has 0 amide bonds. The van der Waals surface area contributed by atoms with Gasteiger partial charge in [-0.15, -0.1) is 0 Å². The molecule has 1 aromatic rings. The fourth-order valence-electron chi connectivity index (χ4n) is 1.53. The van der Waals surface area contributed by atoms with E-state index in [2.05, 4.69) is 4.72 Å². The van der Waals surface area contributed by atoms with E-state index in [1.807, 2.05) is 19.0 Å². The monoisotopic (exact) mass is 287 g/mol. The molecule has 0 aliphatic heterocycles. The molecule has 19 heavy (non-hydrogen) atoms. The summed E-state index contributed by atoms with van der Waals surface area (Å²) in [5.74, 6) is 0.322. The third kappa shape index (κ3) is 4.70. The van der Waals surface area contributed by atoms with Crippen LogP contribution < -0.4 is 15.2 Å². The van der Waals surface area contributed by atoms with Gasteiger partial charge in [0.1, 0.15) is 10.6 Å². The SMILES string of the molecule is CNS(=O)(=O)c1cc(N)ccc1OCCCN(C)C. The Hall–Kier alpha value is -1.31. The van der Waals surface area contributed by atoms with E-state index in [-0.39, 0.29) is 4.90 Å². The molecule has 0 saturated carbocycles. The van der Waals surface area contributed by atoms with Gasteiger partial charge in [0.2, 0.25) is 10.0 Å². The first-order valence-corrected chi connectivity index (χ1v) is 7.45. The smallest absolute Gasteiger partial charge is 0.244 e. The van der Waals surface area contributed by atoms with Crippen molar-refractivity contribution in [3.8, 4) is 5.75 Å². The average molecular weight is 287 g/mol. The first-order chi connectivity index (χ1) is 8.86. The van der Waals surface area contributed by atoms with E-state index in [4.69, 9.17) is 10.5 Å². The van der Waals surface area contributed by atoms with Crippen LogP contribution in [0.5, 0.6) is 5.75 Å². The molecule has 1 rings (SSSR count). The van der Waals surface area contributed by atoms with Crippen LogP contribution in [0.25, 0.3) is 0 Å². The number of nitrogens with zero attached hydrogens (tertiary/aromatic N) is 1. The zero-order valence-electron chi connectivity index (χ0n) is 11.5. The second-order valence-electron chi connectivity index (χ2n) is 4.42. The zero-order chi connectivity index (χ0) is 14.5. The molecule has 0 unspecified atom stereocenters. The number of nitrogens with two attached hydrogens (primary N) is 1. The van der Waals surface area contributed by atoms with Crippen LogP contribution in [0.3, 0.4) is 0 Å². The van der Waals surface area contributed by atoms with Crippen molar-refractivity contribution in [2.75, 3.05) is 40.0 Å². The van der Waals surface area contributed by atoms with Gasteiger partial charge in [-0.3, -0.25) is 0 Å². The van der Waals surface area contributed by atoms with Crippen LogP contribution >= 0.6 is 0 Å². The zero-order valence-corrected chi connectivity index (χ0v) is 12.3. The minimum absolute atomic E-state index is 0.0693. The van der Waals surface area contributed by atoms with Crippen molar-refractivity contribution in [2.45, 2.75) is 11.3 Å². The van der Waals surface area contributed by atoms with E-state index < -0.39 is 10.0 Å². The van der Waals surface area contributed by atoms with Crippen molar-refractivity contribution in [3.63, 3.8) is 0 Å². The molecule has 0 aliphatic carbocycles. The summed E-state index contributed by atoms with van der Waals surface area (Å²) < 4.78 is 31.5. The van der Waals surface area contributed by atoms with Gasteiger partial charge in [0, 0.05) is 12.2 Å². The van der Waals surface area contributed by atoms with Crippen LogP contribution in [0, 0.1) is 0 Å². The van der Waals surface area contributed by atoms with Gasteiger partial charge in [-0.2, -0.15) is 0 Å². The van der Waals surface area contributed by atoms with Gasteiger partial charge in [-0.05, 0) is 45.8 Å². The molecule has 0 saturated heterocycles. The standard InChI is InChI=1S/C12H21N3O3S/c1-14-19(16,17)12-9-10(13)5-6-11(12)18-8-4-7-15(2)3/h5-6,9,14H,4,7-8,13H2,1-3H3. The minimum Gasteiger partial charge on any atom is -0.492 e. The predicted molar refractivity (Wildman–Crippen MR) is 75.8 cm³/mol. The molecule has 1 aromatic carbocycles. The maximum absolute atomic E-state index is 11.9. The number of benzene rings is 1. The van der Waals surface area contributed by atoms with Crippen LogP contribution in [-0.2, 0) is 10.0 Å². The van der Waals surface area contributed by atoms with Crippen LogP contribution in [0.15, 0.2) is 23.1 Å². The second-order valence-corrected chi connectivity index (χ2v) is 6.27. The summed E-state index contributed by atoms with van der Waals surface area (Å²) >= 11 is 0. The maximum Gasteiger partial charge on any atom is 0.244 e. The first-order valence-electron chi connectivity index (χ1n) is 5.97. The molecule has 0 aromatic heterocycles. The molecule has 3 N–H and O–H groups in total. The lowest BCUT2D eigenvalue weighted by Gasteiger charge is -2.13. The largest absolute Gasteiger partial charge is 0.492 e. The summed E-state index contributed by atoms with van der Waals surface area (Å²) in [5, 5.41) is 0. The highest BCUT2D eigenvalue weighted by molar-refractivity contribution is 7.89. The first kappa shape index (κ1) is 15.7. The van der Waals surface area contributed by atoms with Gasteiger partial charge >= 0.3 is 0 Å². The van der Waals surface area contributed by atoms with Crippen molar-refractivity contribution in [1.29, 1.82) is 0 Å². The van der Waals surface area contributed by atoms with Crippen molar-refractivity contribution in [3.05, 3.63) is 18.2 Å². The number of hydrogen-bond acceptors (Lipinski definition) is 5. The number of sulfonamides is 1. The van der Waals surface area contributed by atoms with Crippen molar-refractivity contribution in [2.24, 2.45) is 0 Å². The number of nitrogen functional groups attached to an aromatic ring is 1. The van der Waals surface area contributed by atoms with Crippen molar-refractivity contribution >= 4 is 15.7 Å². The molecule has 0 atom stereocenters. The molecule has 0 spiro atoms. The lowest BCUT2D eigenvalue weighted by molar-refractivity contribution is 0.276. The van der Waals surface area contributed by atoms with Crippen LogP contribution in [-0.4, -0.2) is 47.6 Å². The van der Waals surface area contributed by atoms with Crippen molar-refractivity contribution in [1.82, 2.24) is 9.62 Å². The third-order valence-electron chi connectivity index (χ3n) is 2.53. The summed E-state index contributed by atoms with van der Waals surface area (Å²) in [6, 6.07) is 4.60. The molecule has 0 aliphatic rings. The third-order valence-corrected chi connectivity index (χ3v) is 3.97. The summed E-state index contributed by atoms with van der Waals surface area (Å²) in [6.45, 7) is 1.33. The second kappa shape index (κ2) is 6.74. The Morgan fingerprint density at radius 2 is 2.05 bits per heavy atom. The Labute approximate surface area is 114 Å². The predicted octanol–water partition coefficient (Wildman–Crippen LogP) is 0.507. The number of anilines is 1. The Balaban J connectivity index is 2.83. The molecular formula is C12H21N3O3S. The fourth-order valence-corrected chi connectivity index (χ4v) is 2.43. The van der Waals surface area contributed by atoms with Crippen LogP contribution in [0.4, 0.5) is 5.69 Å². The summed E-state index contributed by atoms with van der Waals surface area (Å²) in [5.41, 5.74) is 6.00. The molecular weight excluding hydrogens is 266 g/mol. The topological polar surface area (TPSA) is 84.7 Å². The lowest BCUT2D eigenvalue weighted by Crippen LogP contribution is -2.20. The number of nitrogens with one attached hydrogen (secondary N) is 1. The molecule has 108 valence electrons. The Morgan fingerprint density at radius 1 is 1.37 bits per heavy atom. The Kier molecular flexibility index (Phi) is 5.59. The highest BCUT2D eigenvalue weighted by Crippen LogP contribution is 2.26. The number of hydrogen-bond donors (Lipinski definition) is 2. The van der Waals surface area contributed by atoms with Gasteiger partial charge < -0.3 is 15.4 Å². The quantitative estimate of drug-likeness (QED) is 0.564. The fraction of sp³-hybridized carbons (Fsp3) is 0.500. The molecule has 0 heterocycles. The van der Waals surface area contributed by atoms with E-state index in [1.54, 1.807) is 12.1 Å². The van der Waals surface area contributed by atoms with Gasteiger partial charge in [0.15, 0.2) is 0 Å². The lowest BCUT2D eigenvalue weighted by atomic mass is 10.3. The van der Waals surface area contributed by atoms with E-state index in [0.29, 0.717) is 18.0 Å². The van der Waals surface area contributed by atoms with Crippen LogP contribution in [0.2, 0.25) is 0 Å². The summed E-state index contributed by atoms with van der Waals surface area (Å²) in [6.07, 6.45) is 0.816. The van der Waals surface area contributed by atoms with Gasteiger partial charge in [0.25, 0.3) is 0 Å². The summed E-state index contributed by atoms with van der Waals surface area (Å²) in [7, 11) is 1.73. The van der Waals surface area contributed by atoms with Gasteiger partial charge in [0.05, 0.1) is 6.61 Å². The molecule has 0 bridgehead atoms. The molecule has 0 radical (unpaired) electrons. The molecule has 6 nitrogen and oxygen atoms in total. The van der Waals surface area contributed by atoms with E-state index in [0.717, 1.165) is 13.0 Å². The van der Waals surface area contributed by atoms with E-state index in [1.165, 1.54) is 13.1 Å². The molecule has 7 heteroatoms. The van der Waals surface area contributed by atoms with Crippen molar-refractivity contribution < 1.29 is 13.2 Å². The van der Waals surface area contributed by atoms with Gasteiger partial charge in [-0.1, -0.05) is 0 Å². The van der Waals surface area contributed by atoms with Crippen LogP contribution in [0.1, 0.15) is 6.42 Å². The van der Waals surface area contributed by atoms with Gasteiger partial charge in [-0.25, -0.2) is 13.1 Å². The Bertz CT molecular complexity index is 515. The van der Waals surface area contributed by atoms with E-state index in [9.17, 15) is 8.42 Å². The highest BCUT2D eigenvalue weighted by Gasteiger charge is 2.18. The van der Waals surface area contributed by atoms with E-state index >= 15 is 0 Å². The Morgan fingerprint density at radius 3 is 2.63 bits per heavy atom. The maximum atomic E-state index is 11.9. The normalized spacial score (nSPS) is 11.8. The summed E-state index contributed by atoms with van der Waals surface area (Å²) in [4.78, 5) is 2.11.